The number of nitrogens with one attached hydrogen (secondary N) is 1. The van der Waals surface area contributed by atoms with E-state index in [1.165, 1.54) is 36.6 Å². The lowest BCUT2D eigenvalue weighted by Gasteiger charge is -2.37. The van der Waals surface area contributed by atoms with Crippen LogP contribution in [0.25, 0.3) is 0 Å². The third-order valence-corrected chi connectivity index (χ3v) is 4.29. The van der Waals surface area contributed by atoms with Gasteiger partial charge in [-0.25, -0.2) is 0 Å². The lowest BCUT2D eigenvalue weighted by atomic mass is 9.61. The number of nitro benzene ring substituents is 1. The van der Waals surface area contributed by atoms with Crippen LogP contribution in [0.2, 0.25) is 0 Å². The van der Waals surface area contributed by atoms with Crippen molar-refractivity contribution in [1.82, 2.24) is 0 Å². The zero-order chi connectivity index (χ0) is 20.2. The summed E-state index contributed by atoms with van der Waals surface area (Å²) in [7, 11) is 0. The lowest BCUT2D eigenvalue weighted by molar-refractivity contribution is -0.384. The second kappa shape index (κ2) is 6.99. The molecule has 0 radical (unpaired) electrons. The minimum atomic E-state index is -1.87. The van der Waals surface area contributed by atoms with E-state index in [0.717, 1.165) is 0 Å². The number of rotatable bonds is 4. The van der Waals surface area contributed by atoms with Gasteiger partial charge in [0.1, 0.15) is 17.4 Å². The van der Waals surface area contributed by atoms with Crippen LogP contribution in [0.5, 0.6) is 0 Å². The number of non-ortho nitro benzene ring substituents is 1. The Morgan fingerprint density at radius 3 is 2.30 bits per heavy atom. The van der Waals surface area contributed by atoms with Gasteiger partial charge in [0, 0.05) is 23.1 Å². The first-order valence-corrected chi connectivity index (χ1v) is 7.65. The number of allylic oxidation sites excluding steroid dienone is 4. The van der Waals surface area contributed by atoms with E-state index in [-0.39, 0.29) is 16.8 Å². The molecule has 0 heterocycles. The standard InChI is InChI=1S/C18H14N6O3/c1-17(2)7-12(15(8-19)16(25)18(17,10-20)11-21)9-22-23-13-3-5-14(6-4-13)24(26)27/h3-7,9,23,25H,1-2H3/b22-9+. The molecule has 1 aromatic rings. The van der Waals surface area contributed by atoms with Crippen molar-refractivity contribution in [1.29, 1.82) is 15.8 Å². The fourth-order valence-corrected chi connectivity index (χ4v) is 2.67. The van der Waals surface area contributed by atoms with Crippen LogP contribution in [0.1, 0.15) is 13.8 Å². The Morgan fingerprint density at radius 1 is 1.22 bits per heavy atom. The Labute approximate surface area is 154 Å². The van der Waals surface area contributed by atoms with E-state index in [9.17, 15) is 31.0 Å². The Hall–Kier alpha value is -4.16. The van der Waals surface area contributed by atoms with Gasteiger partial charge in [-0.2, -0.15) is 20.9 Å². The highest BCUT2D eigenvalue weighted by molar-refractivity contribution is 5.88. The van der Waals surface area contributed by atoms with Crippen molar-refractivity contribution in [3.8, 4) is 18.2 Å². The second-order valence-corrected chi connectivity index (χ2v) is 6.30. The fourth-order valence-electron chi connectivity index (χ4n) is 2.67. The molecule has 2 rings (SSSR count). The molecule has 0 unspecified atom stereocenters. The largest absolute Gasteiger partial charge is 0.508 e. The summed E-state index contributed by atoms with van der Waals surface area (Å²) in [6.45, 7) is 3.20. The molecule has 0 fully saturated rings. The first-order chi connectivity index (χ1) is 12.7. The average molecular weight is 362 g/mol. The number of hydrogen-bond donors (Lipinski definition) is 2. The van der Waals surface area contributed by atoms with Crippen LogP contribution in [0, 0.1) is 54.9 Å². The van der Waals surface area contributed by atoms with Crippen molar-refractivity contribution in [3.05, 3.63) is 57.4 Å². The quantitative estimate of drug-likeness (QED) is 0.472. The zero-order valence-corrected chi connectivity index (χ0v) is 14.5. The fraction of sp³-hybridized carbons (Fsp3) is 0.222. The number of hydrogen-bond acceptors (Lipinski definition) is 8. The van der Waals surface area contributed by atoms with Gasteiger partial charge in [0.25, 0.3) is 5.69 Å². The third-order valence-electron chi connectivity index (χ3n) is 4.29. The maximum Gasteiger partial charge on any atom is 0.269 e. The van der Waals surface area contributed by atoms with Gasteiger partial charge in [-0.3, -0.25) is 15.5 Å². The van der Waals surface area contributed by atoms with E-state index >= 15 is 0 Å². The summed E-state index contributed by atoms with van der Waals surface area (Å²) >= 11 is 0. The average Bonchev–Trinajstić information content (AvgIpc) is 2.63. The molecule has 0 atom stereocenters. The molecule has 134 valence electrons. The Kier molecular flexibility index (Phi) is 4.96. The number of nitrogens with zero attached hydrogens (tertiary/aromatic N) is 5. The number of aliphatic hydroxyl groups is 1. The predicted molar refractivity (Wildman–Crippen MR) is 96.0 cm³/mol. The number of hydrazone groups is 1. The Balaban J connectivity index is 2.33. The summed E-state index contributed by atoms with van der Waals surface area (Å²) < 4.78 is 0. The van der Waals surface area contributed by atoms with E-state index in [1.54, 1.807) is 19.9 Å². The molecule has 1 aromatic carbocycles. The summed E-state index contributed by atoms with van der Waals surface area (Å²) in [5, 5.41) is 53.2. The van der Waals surface area contributed by atoms with Gasteiger partial charge in [-0.15, -0.1) is 0 Å². The Bertz CT molecular complexity index is 984. The minimum Gasteiger partial charge on any atom is -0.508 e. The summed E-state index contributed by atoms with van der Waals surface area (Å²) in [4.78, 5) is 10.1. The number of nitro groups is 1. The molecule has 9 nitrogen and oxygen atoms in total. The normalized spacial score (nSPS) is 17.4. The molecule has 27 heavy (non-hydrogen) atoms. The van der Waals surface area contributed by atoms with Crippen LogP contribution in [-0.4, -0.2) is 16.2 Å². The zero-order valence-electron chi connectivity index (χ0n) is 14.5. The topological polar surface area (TPSA) is 159 Å². The van der Waals surface area contributed by atoms with E-state index in [0.29, 0.717) is 5.69 Å². The smallest absolute Gasteiger partial charge is 0.269 e. The molecule has 0 spiro atoms. The molecule has 1 aliphatic carbocycles. The van der Waals surface area contributed by atoms with Crippen molar-refractivity contribution in [3.63, 3.8) is 0 Å². The van der Waals surface area contributed by atoms with Crippen molar-refractivity contribution < 1.29 is 10.0 Å². The highest BCUT2D eigenvalue weighted by atomic mass is 16.6. The van der Waals surface area contributed by atoms with Crippen molar-refractivity contribution >= 4 is 17.6 Å². The van der Waals surface area contributed by atoms with Gasteiger partial charge < -0.3 is 5.11 Å². The van der Waals surface area contributed by atoms with E-state index in [1.807, 2.05) is 12.1 Å². The molecular formula is C18H14N6O3. The second-order valence-electron chi connectivity index (χ2n) is 6.30. The highest BCUT2D eigenvalue weighted by Crippen LogP contribution is 2.49. The molecule has 0 saturated heterocycles. The van der Waals surface area contributed by atoms with E-state index < -0.39 is 21.5 Å². The molecule has 0 aliphatic heterocycles. The molecule has 0 amide bonds. The molecule has 1 aliphatic rings. The monoisotopic (exact) mass is 362 g/mol. The molecular weight excluding hydrogens is 348 g/mol. The first kappa shape index (κ1) is 19.2. The summed E-state index contributed by atoms with van der Waals surface area (Å²) in [5.41, 5.74) is 0.148. The third kappa shape index (κ3) is 3.20. The number of anilines is 1. The van der Waals surface area contributed by atoms with Crippen LogP contribution in [0.4, 0.5) is 11.4 Å². The number of aliphatic hydroxyl groups excluding tert-OH is 1. The van der Waals surface area contributed by atoms with Crippen molar-refractivity contribution in [2.75, 3.05) is 5.43 Å². The van der Waals surface area contributed by atoms with Gasteiger partial charge in [-0.05, 0) is 12.1 Å². The summed E-state index contributed by atoms with van der Waals surface area (Å²) in [6.07, 6.45) is 2.80. The maximum atomic E-state index is 10.6. The first-order valence-electron chi connectivity index (χ1n) is 7.65. The Morgan fingerprint density at radius 2 is 1.81 bits per heavy atom. The molecule has 0 saturated carbocycles. The highest BCUT2D eigenvalue weighted by Gasteiger charge is 2.53. The van der Waals surface area contributed by atoms with Crippen LogP contribution < -0.4 is 5.43 Å². The summed E-state index contributed by atoms with van der Waals surface area (Å²) in [5.74, 6) is -0.612. The predicted octanol–water partition coefficient (Wildman–Crippen LogP) is 3.33. The van der Waals surface area contributed by atoms with Crippen LogP contribution in [-0.2, 0) is 0 Å². The minimum absolute atomic E-state index is 0.0646. The SMILES string of the molecule is CC1(C)C=C(/C=N/Nc2ccc([N+](=O)[O-])cc2)C(C#N)=C(O)C1(C#N)C#N. The molecule has 0 bridgehead atoms. The van der Waals surface area contributed by atoms with Crippen LogP contribution in [0.15, 0.2) is 52.3 Å². The summed E-state index contributed by atoms with van der Waals surface area (Å²) in [6, 6.07) is 11.0. The lowest BCUT2D eigenvalue weighted by Crippen LogP contribution is -2.39. The molecule has 9 heteroatoms. The van der Waals surface area contributed by atoms with E-state index in [2.05, 4.69) is 10.5 Å². The van der Waals surface area contributed by atoms with Gasteiger partial charge in [0.15, 0.2) is 0 Å². The van der Waals surface area contributed by atoms with Crippen LogP contribution >= 0.6 is 0 Å². The number of nitriles is 3. The van der Waals surface area contributed by atoms with Gasteiger partial charge in [0.2, 0.25) is 5.41 Å². The van der Waals surface area contributed by atoms with Gasteiger partial charge >= 0.3 is 0 Å². The van der Waals surface area contributed by atoms with Crippen molar-refractivity contribution in [2.45, 2.75) is 13.8 Å². The van der Waals surface area contributed by atoms with Gasteiger partial charge in [-0.1, -0.05) is 19.9 Å². The van der Waals surface area contributed by atoms with Crippen LogP contribution in [0.3, 0.4) is 0 Å². The molecule has 0 aromatic heterocycles. The van der Waals surface area contributed by atoms with E-state index in [4.69, 9.17) is 0 Å². The van der Waals surface area contributed by atoms with Gasteiger partial charge in [0.05, 0.1) is 29.0 Å². The van der Waals surface area contributed by atoms with Crippen molar-refractivity contribution in [2.24, 2.45) is 15.9 Å². The number of benzene rings is 1. The maximum absolute atomic E-state index is 10.6. The molecule has 2 N–H and O–H groups in total.